The van der Waals surface area contributed by atoms with E-state index in [-0.39, 0.29) is 5.92 Å². The van der Waals surface area contributed by atoms with Crippen molar-refractivity contribution in [2.75, 3.05) is 6.54 Å². The van der Waals surface area contributed by atoms with Crippen LogP contribution >= 0.6 is 0 Å². The minimum atomic E-state index is -1.56. The van der Waals surface area contributed by atoms with Gasteiger partial charge in [0.25, 0.3) is 0 Å². The normalized spacial score (nSPS) is 16.0. The Morgan fingerprint density at radius 1 is 1.04 bits per heavy atom. The van der Waals surface area contributed by atoms with Crippen molar-refractivity contribution in [1.29, 1.82) is 0 Å². The van der Waals surface area contributed by atoms with E-state index in [1.807, 2.05) is 12.2 Å². The predicted molar refractivity (Wildman–Crippen MR) is 97.4 cm³/mol. The van der Waals surface area contributed by atoms with Crippen LogP contribution in [-0.4, -0.2) is 70.6 Å². The molecule has 9 N–H and O–H groups in total. The molecule has 4 amide bonds. The molecule has 0 bridgehead atoms. The Balaban J connectivity index is 4.90. The number of aliphatic hydroxyl groups excluding tert-OH is 1. The Morgan fingerprint density at radius 3 is 2.04 bits per heavy atom. The second-order valence-corrected chi connectivity index (χ2v) is 6.48. The standard InChI is InChI=1S/C16H29N5O7/c1-4-7(2)12(18)15(26)20-9(5-10(17)23)14(25)19-6-11(24)21-13(8(3)22)16(27)28/h7-9,12-13,22H,4-6,18H2,1-3H3,(H2,17,23)(H,19,25)(H,20,26)(H,21,24)(H,27,28). The van der Waals surface area contributed by atoms with E-state index >= 15 is 0 Å². The summed E-state index contributed by atoms with van der Waals surface area (Å²) >= 11 is 0. The van der Waals surface area contributed by atoms with Crippen LogP contribution in [0.15, 0.2) is 0 Å². The Bertz CT molecular complexity index is 596. The number of aliphatic hydroxyl groups is 1. The third-order valence-electron chi connectivity index (χ3n) is 4.09. The van der Waals surface area contributed by atoms with Crippen LogP contribution in [0.1, 0.15) is 33.6 Å². The molecule has 0 aromatic heterocycles. The van der Waals surface area contributed by atoms with Crippen molar-refractivity contribution in [2.45, 2.75) is 57.8 Å². The first-order chi connectivity index (χ1) is 12.9. The minimum Gasteiger partial charge on any atom is -0.480 e. The highest BCUT2D eigenvalue weighted by Gasteiger charge is 2.28. The summed E-state index contributed by atoms with van der Waals surface area (Å²) in [5.74, 6) is -4.89. The number of aliphatic carboxylic acids is 1. The number of primary amides is 1. The van der Waals surface area contributed by atoms with Crippen molar-refractivity contribution in [1.82, 2.24) is 16.0 Å². The summed E-state index contributed by atoms with van der Waals surface area (Å²) in [5, 5.41) is 24.7. The summed E-state index contributed by atoms with van der Waals surface area (Å²) in [5.41, 5.74) is 10.9. The third kappa shape index (κ3) is 8.77. The maximum atomic E-state index is 12.2. The van der Waals surface area contributed by atoms with Gasteiger partial charge < -0.3 is 37.6 Å². The van der Waals surface area contributed by atoms with Crippen LogP contribution in [0.25, 0.3) is 0 Å². The van der Waals surface area contributed by atoms with Crippen LogP contribution in [0.4, 0.5) is 0 Å². The SMILES string of the molecule is CCC(C)C(N)C(=O)NC(CC(N)=O)C(=O)NCC(=O)NC(C(=O)O)C(C)O. The lowest BCUT2D eigenvalue weighted by atomic mass is 9.99. The molecule has 0 radical (unpaired) electrons. The molecule has 12 heteroatoms. The summed E-state index contributed by atoms with van der Waals surface area (Å²) in [6, 6.07) is -3.81. The van der Waals surface area contributed by atoms with Crippen molar-refractivity contribution in [3.63, 3.8) is 0 Å². The van der Waals surface area contributed by atoms with Crippen LogP contribution < -0.4 is 27.4 Å². The van der Waals surface area contributed by atoms with Crippen LogP contribution in [0.5, 0.6) is 0 Å². The molecular weight excluding hydrogens is 374 g/mol. The average molecular weight is 403 g/mol. The molecule has 0 aromatic carbocycles. The number of rotatable bonds is 12. The number of carbonyl (C=O) groups excluding carboxylic acids is 4. The van der Waals surface area contributed by atoms with Gasteiger partial charge in [-0.1, -0.05) is 20.3 Å². The number of carboxylic acids is 1. The van der Waals surface area contributed by atoms with Crippen molar-refractivity contribution in [3.8, 4) is 0 Å². The lowest BCUT2D eigenvalue weighted by Gasteiger charge is -2.22. The van der Waals surface area contributed by atoms with Gasteiger partial charge >= 0.3 is 5.97 Å². The maximum absolute atomic E-state index is 12.2. The molecule has 0 aliphatic heterocycles. The minimum absolute atomic E-state index is 0.170. The first-order valence-corrected chi connectivity index (χ1v) is 8.72. The van der Waals surface area contributed by atoms with Crippen molar-refractivity contribution < 1.29 is 34.2 Å². The van der Waals surface area contributed by atoms with E-state index in [1.54, 1.807) is 6.92 Å². The molecule has 0 rings (SSSR count). The van der Waals surface area contributed by atoms with Gasteiger partial charge in [-0.15, -0.1) is 0 Å². The van der Waals surface area contributed by atoms with E-state index < -0.39 is 66.8 Å². The molecule has 0 aliphatic carbocycles. The van der Waals surface area contributed by atoms with E-state index in [2.05, 4.69) is 10.6 Å². The average Bonchev–Trinajstić information content (AvgIpc) is 2.60. The van der Waals surface area contributed by atoms with Gasteiger partial charge in [0.15, 0.2) is 6.04 Å². The summed E-state index contributed by atoms with van der Waals surface area (Å²) in [4.78, 5) is 58.2. The van der Waals surface area contributed by atoms with Crippen molar-refractivity contribution in [2.24, 2.45) is 17.4 Å². The molecule has 0 fully saturated rings. The molecule has 0 saturated heterocycles. The van der Waals surface area contributed by atoms with Gasteiger partial charge in [0.2, 0.25) is 23.6 Å². The molecule has 0 aromatic rings. The largest absolute Gasteiger partial charge is 0.480 e. The van der Waals surface area contributed by atoms with Gasteiger partial charge in [-0.3, -0.25) is 19.2 Å². The van der Waals surface area contributed by atoms with Gasteiger partial charge in [0.1, 0.15) is 6.04 Å². The third-order valence-corrected chi connectivity index (χ3v) is 4.09. The van der Waals surface area contributed by atoms with Crippen molar-refractivity contribution >= 4 is 29.6 Å². The van der Waals surface area contributed by atoms with Gasteiger partial charge in [-0.2, -0.15) is 0 Å². The number of amides is 4. The second kappa shape index (κ2) is 11.9. The maximum Gasteiger partial charge on any atom is 0.328 e. The van der Waals surface area contributed by atoms with Gasteiger partial charge in [-0.05, 0) is 12.8 Å². The Labute approximate surface area is 162 Å². The second-order valence-electron chi connectivity index (χ2n) is 6.48. The first kappa shape index (κ1) is 25.3. The quantitative estimate of drug-likeness (QED) is 0.175. The van der Waals surface area contributed by atoms with E-state index in [4.69, 9.17) is 16.6 Å². The highest BCUT2D eigenvalue weighted by atomic mass is 16.4. The van der Waals surface area contributed by atoms with Gasteiger partial charge in [-0.25, -0.2) is 4.79 Å². The fraction of sp³-hybridized carbons (Fsp3) is 0.688. The van der Waals surface area contributed by atoms with Crippen LogP contribution in [-0.2, 0) is 24.0 Å². The first-order valence-electron chi connectivity index (χ1n) is 8.72. The summed E-state index contributed by atoms with van der Waals surface area (Å²) < 4.78 is 0. The van der Waals surface area contributed by atoms with E-state index in [0.29, 0.717) is 6.42 Å². The highest BCUT2D eigenvalue weighted by molar-refractivity contribution is 5.95. The molecule has 0 heterocycles. The molecule has 28 heavy (non-hydrogen) atoms. The predicted octanol–water partition coefficient (Wildman–Crippen LogP) is -3.21. The Morgan fingerprint density at radius 2 is 1.61 bits per heavy atom. The van der Waals surface area contributed by atoms with Gasteiger partial charge in [0.05, 0.1) is 25.1 Å². The Kier molecular flexibility index (Phi) is 10.7. The van der Waals surface area contributed by atoms with E-state index in [0.717, 1.165) is 0 Å². The molecular formula is C16H29N5O7. The lowest BCUT2D eigenvalue weighted by molar-refractivity contribution is -0.144. The smallest absolute Gasteiger partial charge is 0.328 e. The number of hydrogen-bond donors (Lipinski definition) is 7. The molecule has 5 atom stereocenters. The number of carbonyl (C=O) groups is 5. The van der Waals surface area contributed by atoms with E-state index in [9.17, 15) is 29.1 Å². The highest BCUT2D eigenvalue weighted by Crippen LogP contribution is 2.06. The van der Waals surface area contributed by atoms with Crippen LogP contribution in [0.2, 0.25) is 0 Å². The molecule has 5 unspecified atom stereocenters. The van der Waals surface area contributed by atoms with Crippen molar-refractivity contribution in [3.05, 3.63) is 0 Å². The molecule has 0 aliphatic rings. The topological polar surface area (TPSA) is 214 Å². The zero-order valence-electron chi connectivity index (χ0n) is 16.1. The number of nitrogens with two attached hydrogens (primary N) is 2. The summed E-state index contributed by atoms with van der Waals surface area (Å²) in [6.45, 7) is 4.12. The van der Waals surface area contributed by atoms with E-state index in [1.165, 1.54) is 6.92 Å². The summed E-state index contributed by atoms with van der Waals surface area (Å²) in [7, 11) is 0. The summed E-state index contributed by atoms with van der Waals surface area (Å²) in [6.07, 6.45) is -1.26. The fourth-order valence-corrected chi connectivity index (χ4v) is 2.09. The monoisotopic (exact) mass is 403 g/mol. The fourth-order valence-electron chi connectivity index (χ4n) is 2.09. The zero-order valence-corrected chi connectivity index (χ0v) is 16.1. The lowest BCUT2D eigenvalue weighted by Crippen LogP contribution is -2.56. The Hall–Kier alpha value is -2.73. The molecule has 0 spiro atoms. The molecule has 160 valence electrons. The molecule has 12 nitrogen and oxygen atoms in total. The number of carboxylic acid groups (broad SMARTS) is 1. The van der Waals surface area contributed by atoms with Gasteiger partial charge in [0, 0.05) is 0 Å². The van der Waals surface area contributed by atoms with Crippen LogP contribution in [0, 0.1) is 5.92 Å². The van der Waals surface area contributed by atoms with Crippen LogP contribution in [0.3, 0.4) is 0 Å². The zero-order chi connectivity index (χ0) is 22.0. The molecule has 0 saturated carbocycles. The number of nitrogens with one attached hydrogen (secondary N) is 3. The number of hydrogen-bond acceptors (Lipinski definition) is 7.